The number of benzene rings is 6. The van der Waals surface area contributed by atoms with Gasteiger partial charge in [-0.3, -0.25) is 4.98 Å². The molecule has 0 aliphatic heterocycles. The molecule has 3 heterocycles. The summed E-state index contributed by atoms with van der Waals surface area (Å²) in [6.07, 6.45) is 3.38. The quantitative estimate of drug-likeness (QED) is 0.0767. The molecule has 9 rings (SSSR count). The molecule has 9 aromatic rings. The molecule has 0 N–H and O–H groups in total. The fourth-order valence-electron chi connectivity index (χ4n) is 5.60. The lowest BCUT2D eigenvalue weighted by molar-refractivity contribution is -0.576. The molecule has 0 saturated heterocycles. The van der Waals surface area contributed by atoms with Crippen molar-refractivity contribution < 1.29 is 4.73 Å². The van der Waals surface area contributed by atoms with E-state index in [1.54, 1.807) is 6.07 Å². The zero-order chi connectivity index (χ0) is 29.9. The first-order valence-electron chi connectivity index (χ1n) is 14.3. The highest BCUT2D eigenvalue weighted by atomic mass is 35.5. The van der Waals surface area contributed by atoms with Crippen LogP contribution in [0.5, 0.6) is 0 Å². The van der Waals surface area contributed by atoms with Gasteiger partial charge in [0.25, 0.3) is 0 Å². The molecule has 0 aliphatic rings. The maximum absolute atomic E-state index is 11.7. The van der Waals surface area contributed by atoms with Crippen LogP contribution < -0.4 is 4.73 Å². The van der Waals surface area contributed by atoms with Gasteiger partial charge in [0.2, 0.25) is 5.52 Å². The summed E-state index contributed by atoms with van der Waals surface area (Å²) in [5.41, 5.74) is 2.81. The minimum absolute atomic E-state index is 0.541. The largest absolute Gasteiger partial charge is 0.618 e. The number of nitrogens with zero attached hydrogens (tertiary/aromatic N) is 3. The Bertz CT molecular complexity index is 2380. The van der Waals surface area contributed by atoms with Crippen LogP contribution in [0.15, 0.2) is 158 Å². The highest BCUT2D eigenvalue weighted by molar-refractivity contribution is 6.30. The van der Waals surface area contributed by atoms with Crippen molar-refractivity contribution in [1.29, 1.82) is 0 Å². The van der Waals surface area contributed by atoms with E-state index >= 15 is 0 Å². The minimum Gasteiger partial charge on any atom is -0.618 e. The molecule has 0 saturated carbocycles. The molecule has 0 spiro atoms. The SMILES string of the molecule is Clc1ccc2ccc3ccccc3c2n1.[O-][n+]1cccc2ccc3ccccc3c21.c1ccc2c(c1)ccc1cccnc12. The van der Waals surface area contributed by atoms with Crippen LogP contribution in [0.2, 0.25) is 5.15 Å². The molecule has 0 bridgehead atoms. The second kappa shape index (κ2) is 12.0. The molecule has 44 heavy (non-hydrogen) atoms. The summed E-state index contributed by atoms with van der Waals surface area (Å²) in [5.74, 6) is 0. The van der Waals surface area contributed by atoms with Crippen molar-refractivity contribution in [3.63, 3.8) is 0 Å². The van der Waals surface area contributed by atoms with E-state index in [9.17, 15) is 5.21 Å². The van der Waals surface area contributed by atoms with Gasteiger partial charge in [-0.2, -0.15) is 4.73 Å². The highest BCUT2D eigenvalue weighted by Gasteiger charge is 2.07. The van der Waals surface area contributed by atoms with Crippen molar-refractivity contribution in [2.45, 2.75) is 0 Å². The van der Waals surface area contributed by atoms with E-state index < -0.39 is 0 Å². The van der Waals surface area contributed by atoms with E-state index in [1.807, 2.05) is 79.0 Å². The first kappa shape index (κ1) is 27.3. The van der Waals surface area contributed by atoms with Crippen LogP contribution in [0.3, 0.4) is 0 Å². The third-order valence-electron chi connectivity index (χ3n) is 7.70. The molecule has 3 aromatic heterocycles. The van der Waals surface area contributed by atoms with Crippen molar-refractivity contribution in [1.82, 2.24) is 9.97 Å². The fourth-order valence-corrected chi connectivity index (χ4v) is 5.75. The van der Waals surface area contributed by atoms with Crippen LogP contribution in [-0.2, 0) is 0 Å². The van der Waals surface area contributed by atoms with Crippen molar-refractivity contribution in [2.24, 2.45) is 0 Å². The van der Waals surface area contributed by atoms with Gasteiger partial charge in [0.05, 0.1) is 16.4 Å². The van der Waals surface area contributed by atoms with Gasteiger partial charge in [-0.15, -0.1) is 0 Å². The van der Waals surface area contributed by atoms with Gasteiger partial charge in [-0.05, 0) is 52.6 Å². The zero-order valence-corrected chi connectivity index (χ0v) is 24.4. The molecule has 4 nitrogen and oxygen atoms in total. The number of hydrogen-bond acceptors (Lipinski definition) is 3. The first-order chi connectivity index (χ1) is 21.7. The Labute approximate surface area is 259 Å². The van der Waals surface area contributed by atoms with Gasteiger partial charge in [0.1, 0.15) is 5.15 Å². The molecule has 0 unspecified atom stereocenters. The van der Waals surface area contributed by atoms with E-state index in [0.29, 0.717) is 5.15 Å². The van der Waals surface area contributed by atoms with Crippen LogP contribution >= 0.6 is 11.6 Å². The topological polar surface area (TPSA) is 52.7 Å². The monoisotopic (exact) mass is 587 g/mol. The predicted octanol–water partition coefficient (Wildman–Crippen LogP) is 10.1. The lowest BCUT2D eigenvalue weighted by Gasteiger charge is -2.04. The summed E-state index contributed by atoms with van der Waals surface area (Å²) in [5, 5.41) is 22.5. The summed E-state index contributed by atoms with van der Waals surface area (Å²) in [7, 11) is 0. The summed E-state index contributed by atoms with van der Waals surface area (Å²) >= 11 is 5.91. The van der Waals surface area contributed by atoms with Gasteiger partial charge in [-0.1, -0.05) is 115 Å². The van der Waals surface area contributed by atoms with Crippen molar-refractivity contribution >= 4 is 76.6 Å². The Morgan fingerprint density at radius 3 is 1.64 bits per heavy atom. The lowest BCUT2D eigenvalue weighted by Crippen LogP contribution is -2.25. The normalized spacial score (nSPS) is 10.9. The van der Waals surface area contributed by atoms with E-state index in [-0.39, 0.29) is 0 Å². The smallest absolute Gasteiger partial charge is 0.231 e. The first-order valence-corrected chi connectivity index (χ1v) is 14.7. The highest BCUT2D eigenvalue weighted by Crippen LogP contribution is 2.25. The van der Waals surface area contributed by atoms with E-state index in [2.05, 4.69) is 76.7 Å². The molecule has 0 aliphatic carbocycles. The average molecular weight is 588 g/mol. The molecule has 0 atom stereocenters. The molecule has 0 radical (unpaired) electrons. The third-order valence-corrected chi connectivity index (χ3v) is 7.91. The zero-order valence-electron chi connectivity index (χ0n) is 23.6. The molecule has 0 amide bonds. The van der Waals surface area contributed by atoms with Gasteiger partial charge in [0.15, 0.2) is 6.20 Å². The van der Waals surface area contributed by atoms with Crippen LogP contribution in [-0.4, -0.2) is 9.97 Å². The Kier molecular flexibility index (Phi) is 7.41. The second-order valence-electron chi connectivity index (χ2n) is 10.4. The van der Waals surface area contributed by atoms with Gasteiger partial charge in [-0.25, -0.2) is 4.98 Å². The van der Waals surface area contributed by atoms with Crippen molar-refractivity contribution in [2.75, 3.05) is 0 Å². The van der Waals surface area contributed by atoms with Gasteiger partial charge in [0, 0.05) is 39.2 Å². The lowest BCUT2D eigenvalue weighted by atomic mass is 10.1. The Balaban J connectivity index is 0.000000107. The summed E-state index contributed by atoms with van der Waals surface area (Å²) in [6.45, 7) is 0. The van der Waals surface area contributed by atoms with Crippen molar-refractivity contribution in [3.05, 3.63) is 168 Å². The maximum Gasteiger partial charge on any atom is 0.231 e. The molecular weight excluding hydrogens is 562 g/mol. The molecule has 0 fully saturated rings. The van der Waals surface area contributed by atoms with Crippen LogP contribution in [0.1, 0.15) is 0 Å². The summed E-state index contributed by atoms with van der Waals surface area (Å²) in [6, 6.07) is 48.5. The Hall–Kier alpha value is -5.58. The molecule has 210 valence electrons. The van der Waals surface area contributed by atoms with Gasteiger partial charge < -0.3 is 5.21 Å². The van der Waals surface area contributed by atoms with E-state index in [0.717, 1.165) is 48.2 Å². The minimum atomic E-state index is 0.541. The number of fused-ring (bicyclic) bond motifs is 9. The number of aromatic nitrogens is 3. The van der Waals surface area contributed by atoms with Crippen LogP contribution in [0.25, 0.3) is 65.0 Å². The number of rotatable bonds is 0. The third kappa shape index (κ3) is 5.35. The maximum atomic E-state index is 11.7. The molecule has 6 aromatic carbocycles. The molecular formula is C39H26ClN3O. The number of hydrogen-bond donors (Lipinski definition) is 0. The average Bonchev–Trinajstić information content (AvgIpc) is 3.09. The van der Waals surface area contributed by atoms with Crippen LogP contribution in [0.4, 0.5) is 0 Å². The van der Waals surface area contributed by atoms with E-state index in [1.165, 1.54) is 27.7 Å². The summed E-state index contributed by atoms with van der Waals surface area (Å²) in [4.78, 5) is 8.78. The number of pyridine rings is 3. The van der Waals surface area contributed by atoms with Gasteiger partial charge >= 0.3 is 0 Å². The van der Waals surface area contributed by atoms with E-state index in [4.69, 9.17) is 11.6 Å². The second-order valence-corrected chi connectivity index (χ2v) is 10.8. The standard InChI is InChI=1S/C13H8ClN.C13H9NO.C13H9N/c14-12-8-7-10-6-5-9-3-1-2-4-11(9)13(10)15-12;15-14-9-3-5-11-8-7-10-4-1-2-6-12(10)13(11)14;1-2-6-12-10(4-1)7-8-11-5-3-9-14-13(11)12/h1-8H;1-9H;1-9H. The number of halogens is 1. The van der Waals surface area contributed by atoms with Crippen molar-refractivity contribution in [3.8, 4) is 0 Å². The predicted molar refractivity (Wildman–Crippen MR) is 184 cm³/mol. The summed E-state index contributed by atoms with van der Waals surface area (Å²) < 4.78 is 0.928. The van der Waals surface area contributed by atoms with Crippen LogP contribution in [0, 0.1) is 5.21 Å². The Morgan fingerprint density at radius 2 is 0.932 bits per heavy atom. The fraction of sp³-hybridized carbons (Fsp3) is 0. The Morgan fingerprint density at radius 1 is 0.455 bits per heavy atom. The molecule has 5 heteroatoms.